The Morgan fingerprint density at radius 2 is 1.72 bits per heavy atom. The second kappa shape index (κ2) is 11.3. The predicted octanol–water partition coefficient (Wildman–Crippen LogP) is 3.36. The van der Waals surface area contributed by atoms with E-state index in [1.807, 2.05) is 31.2 Å². The number of nitrogens with one attached hydrogen (secondary N) is 1. The average Bonchev–Trinajstić information content (AvgIpc) is 2.75. The van der Waals surface area contributed by atoms with Crippen molar-refractivity contribution in [3.05, 3.63) is 64.7 Å². The zero-order valence-corrected chi connectivity index (χ0v) is 20.4. The number of hydrogen-bond acceptors (Lipinski definition) is 4. The third-order valence-electron chi connectivity index (χ3n) is 5.19. The van der Waals surface area contributed by atoms with Gasteiger partial charge in [0.15, 0.2) is 0 Å². The number of carbonyl (C=O) groups is 2. The summed E-state index contributed by atoms with van der Waals surface area (Å²) in [7, 11) is -1.99. The molecule has 2 rings (SSSR count). The highest BCUT2D eigenvalue weighted by Crippen LogP contribution is 2.21. The van der Waals surface area contributed by atoms with Crippen LogP contribution in [0.5, 0.6) is 0 Å². The standard InChI is InChI=1S/C23H30ClN3O4S/c1-17-11-13-20(14-12-17)27(32(4,30)31)15-7-10-22(28)26(18(2)23(29)25-3)16-19-8-5-6-9-21(19)24/h5-6,8-9,11-14,18H,7,10,15-16H2,1-4H3,(H,25,29). The minimum atomic E-state index is -3.51. The smallest absolute Gasteiger partial charge is 0.242 e. The van der Waals surface area contributed by atoms with Crippen molar-refractivity contribution >= 4 is 39.1 Å². The molecule has 2 aromatic rings. The molecule has 0 spiro atoms. The largest absolute Gasteiger partial charge is 0.357 e. The fourth-order valence-electron chi connectivity index (χ4n) is 3.32. The molecule has 1 N–H and O–H groups in total. The van der Waals surface area contributed by atoms with Crippen LogP contribution in [0.3, 0.4) is 0 Å². The summed E-state index contributed by atoms with van der Waals surface area (Å²) in [6.45, 7) is 3.92. The fourth-order valence-corrected chi connectivity index (χ4v) is 4.48. The number of benzene rings is 2. The number of aryl methyl sites for hydroxylation is 1. The van der Waals surface area contributed by atoms with Crippen molar-refractivity contribution in [3.8, 4) is 0 Å². The van der Waals surface area contributed by atoms with Crippen LogP contribution in [0.2, 0.25) is 5.02 Å². The Labute approximate surface area is 195 Å². The Bertz CT molecular complexity index is 1040. The number of carbonyl (C=O) groups excluding carboxylic acids is 2. The van der Waals surface area contributed by atoms with Gasteiger partial charge in [-0.05, 0) is 44.0 Å². The normalized spacial score (nSPS) is 12.2. The van der Waals surface area contributed by atoms with Crippen LogP contribution in [0.4, 0.5) is 5.69 Å². The van der Waals surface area contributed by atoms with Crippen molar-refractivity contribution < 1.29 is 18.0 Å². The van der Waals surface area contributed by atoms with Crippen molar-refractivity contribution in [1.82, 2.24) is 10.2 Å². The zero-order chi connectivity index (χ0) is 23.9. The van der Waals surface area contributed by atoms with Crippen LogP contribution in [-0.2, 0) is 26.2 Å². The number of hydrogen-bond donors (Lipinski definition) is 1. The molecule has 0 aliphatic carbocycles. The number of likely N-dealkylation sites (N-methyl/N-ethyl adjacent to an activating group) is 1. The minimum Gasteiger partial charge on any atom is -0.357 e. The molecule has 0 aliphatic heterocycles. The van der Waals surface area contributed by atoms with Crippen LogP contribution in [0.25, 0.3) is 0 Å². The highest BCUT2D eigenvalue weighted by molar-refractivity contribution is 7.92. The maximum atomic E-state index is 13.1. The number of sulfonamides is 1. The van der Waals surface area contributed by atoms with Gasteiger partial charge in [0.1, 0.15) is 6.04 Å². The maximum Gasteiger partial charge on any atom is 0.242 e. The average molecular weight is 480 g/mol. The molecule has 1 unspecified atom stereocenters. The summed E-state index contributed by atoms with van der Waals surface area (Å²) in [6, 6.07) is 13.6. The van der Waals surface area contributed by atoms with Crippen LogP contribution in [0, 0.1) is 6.92 Å². The molecule has 32 heavy (non-hydrogen) atoms. The summed E-state index contributed by atoms with van der Waals surface area (Å²) in [4.78, 5) is 26.8. The molecule has 0 fully saturated rings. The Balaban J connectivity index is 2.14. The summed E-state index contributed by atoms with van der Waals surface area (Å²) in [5, 5.41) is 3.08. The lowest BCUT2D eigenvalue weighted by Gasteiger charge is -2.29. The SMILES string of the molecule is CNC(=O)C(C)N(Cc1ccccc1Cl)C(=O)CCCN(c1ccc(C)cc1)S(C)(=O)=O. The molecule has 0 heterocycles. The summed E-state index contributed by atoms with van der Waals surface area (Å²) < 4.78 is 25.9. The van der Waals surface area contributed by atoms with E-state index >= 15 is 0 Å². The van der Waals surface area contributed by atoms with Gasteiger partial charge in [-0.15, -0.1) is 0 Å². The van der Waals surface area contributed by atoms with E-state index in [-0.39, 0.29) is 31.3 Å². The molecule has 2 aromatic carbocycles. The molecule has 174 valence electrons. The van der Waals surface area contributed by atoms with Gasteiger partial charge in [0.25, 0.3) is 0 Å². The Hall–Kier alpha value is -2.58. The van der Waals surface area contributed by atoms with Crippen molar-refractivity contribution in [3.63, 3.8) is 0 Å². The molecule has 0 aliphatic rings. The maximum absolute atomic E-state index is 13.1. The molecule has 0 saturated heterocycles. The quantitative estimate of drug-likeness (QED) is 0.566. The van der Waals surface area contributed by atoms with E-state index in [4.69, 9.17) is 11.6 Å². The molecule has 7 nitrogen and oxygen atoms in total. The molecule has 0 radical (unpaired) electrons. The van der Waals surface area contributed by atoms with Crippen LogP contribution < -0.4 is 9.62 Å². The Morgan fingerprint density at radius 3 is 2.28 bits per heavy atom. The second-order valence-corrected chi connectivity index (χ2v) is 9.99. The topological polar surface area (TPSA) is 86.8 Å². The summed E-state index contributed by atoms with van der Waals surface area (Å²) in [5.74, 6) is -0.541. The zero-order valence-electron chi connectivity index (χ0n) is 18.8. The monoisotopic (exact) mass is 479 g/mol. The van der Waals surface area contributed by atoms with Crippen LogP contribution in [0.1, 0.15) is 30.9 Å². The van der Waals surface area contributed by atoms with Gasteiger partial charge >= 0.3 is 0 Å². The second-order valence-electron chi connectivity index (χ2n) is 7.68. The predicted molar refractivity (Wildman–Crippen MR) is 128 cm³/mol. The first kappa shape index (κ1) is 25.7. The van der Waals surface area contributed by atoms with Crippen LogP contribution >= 0.6 is 11.6 Å². The minimum absolute atomic E-state index is 0.0870. The molecule has 0 aromatic heterocycles. The third kappa shape index (κ3) is 6.97. The highest BCUT2D eigenvalue weighted by atomic mass is 35.5. The molecule has 2 amide bonds. The first-order valence-corrected chi connectivity index (χ1v) is 12.6. The summed E-state index contributed by atoms with van der Waals surface area (Å²) in [5.41, 5.74) is 2.31. The van der Waals surface area contributed by atoms with Crippen molar-refractivity contribution in [1.29, 1.82) is 0 Å². The number of amides is 2. The third-order valence-corrected chi connectivity index (χ3v) is 6.75. The molecule has 0 saturated carbocycles. The van der Waals surface area contributed by atoms with E-state index in [0.717, 1.165) is 17.4 Å². The van der Waals surface area contributed by atoms with Gasteiger partial charge in [-0.2, -0.15) is 0 Å². The van der Waals surface area contributed by atoms with Gasteiger partial charge in [0.2, 0.25) is 21.8 Å². The lowest BCUT2D eigenvalue weighted by Crippen LogP contribution is -2.46. The van der Waals surface area contributed by atoms with E-state index in [1.165, 1.54) is 16.3 Å². The molecule has 9 heteroatoms. The van der Waals surface area contributed by atoms with Gasteiger partial charge < -0.3 is 10.2 Å². The Morgan fingerprint density at radius 1 is 1.09 bits per heavy atom. The van der Waals surface area contributed by atoms with E-state index in [9.17, 15) is 18.0 Å². The van der Waals surface area contributed by atoms with E-state index in [1.54, 1.807) is 31.2 Å². The molecule has 1 atom stereocenters. The van der Waals surface area contributed by atoms with Crippen LogP contribution in [0.15, 0.2) is 48.5 Å². The highest BCUT2D eigenvalue weighted by Gasteiger charge is 2.26. The van der Waals surface area contributed by atoms with Gasteiger partial charge in [0, 0.05) is 31.6 Å². The fraction of sp³-hybridized carbons (Fsp3) is 0.391. The van der Waals surface area contributed by atoms with Gasteiger partial charge in [-0.3, -0.25) is 13.9 Å². The van der Waals surface area contributed by atoms with Gasteiger partial charge in [-0.25, -0.2) is 8.42 Å². The van der Waals surface area contributed by atoms with Crippen molar-refractivity contribution in [2.75, 3.05) is 24.2 Å². The first-order chi connectivity index (χ1) is 15.0. The number of halogens is 1. The van der Waals surface area contributed by atoms with Gasteiger partial charge in [0.05, 0.1) is 11.9 Å². The van der Waals surface area contributed by atoms with E-state index in [0.29, 0.717) is 17.1 Å². The van der Waals surface area contributed by atoms with Gasteiger partial charge in [-0.1, -0.05) is 47.5 Å². The summed E-state index contributed by atoms with van der Waals surface area (Å²) in [6.07, 6.45) is 1.54. The number of anilines is 1. The molecule has 0 bridgehead atoms. The van der Waals surface area contributed by atoms with Crippen LogP contribution in [-0.4, -0.2) is 51.0 Å². The lowest BCUT2D eigenvalue weighted by atomic mass is 10.1. The summed E-state index contributed by atoms with van der Waals surface area (Å²) >= 11 is 6.25. The molecular formula is C23H30ClN3O4S. The molecular weight excluding hydrogens is 450 g/mol. The number of nitrogens with zero attached hydrogens (tertiary/aromatic N) is 2. The number of rotatable bonds is 10. The van der Waals surface area contributed by atoms with E-state index in [2.05, 4.69) is 5.32 Å². The van der Waals surface area contributed by atoms with Crippen molar-refractivity contribution in [2.45, 2.75) is 39.3 Å². The van der Waals surface area contributed by atoms with E-state index < -0.39 is 16.1 Å². The van der Waals surface area contributed by atoms with Crippen molar-refractivity contribution in [2.24, 2.45) is 0 Å². The first-order valence-electron chi connectivity index (χ1n) is 10.3. The lowest BCUT2D eigenvalue weighted by molar-refractivity contribution is -0.140. The Kier molecular flexibility index (Phi) is 9.09.